The molecule has 0 saturated heterocycles. The van der Waals surface area contributed by atoms with Gasteiger partial charge in [0.15, 0.2) is 0 Å². The Morgan fingerprint density at radius 3 is 0.727 bits per heavy atom. The molecule has 0 spiro atoms. The summed E-state index contributed by atoms with van der Waals surface area (Å²) in [6, 6.07) is 0. The highest BCUT2D eigenvalue weighted by molar-refractivity contribution is 4.70. The largest absolute Gasteiger partial charge is 0.0599 e. The van der Waals surface area contributed by atoms with E-state index in [0.717, 1.165) is 0 Å². The summed E-state index contributed by atoms with van der Waals surface area (Å²) in [5.41, 5.74) is 1.19. The average molecular weight is 309 g/mol. The SMILES string of the molecule is CC1(C)CCCCCCCCC(C)(C)CCCCCCCC1. The highest BCUT2D eigenvalue weighted by Crippen LogP contribution is 2.32. The minimum Gasteiger partial charge on any atom is -0.0599 e. The molecule has 0 aliphatic heterocycles. The zero-order valence-corrected chi connectivity index (χ0v) is 16.3. The fourth-order valence-corrected chi connectivity index (χ4v) is 4.08. The molecule has 0 atom stereocenters. The standard InChI is InChI=1S/C22H44/c1-21(2)17-13-9-5-7-11-15-19-22(3,4)20-16-12-8-6-10-14-18-21/h5-20H2,1-4H3. The van der Waals surface area contributed by atoms with Crippen LogP contribution in [0.4, 0.5) is 0 Å². The van der Waals surface area contributed by atoms with Gasteiger partial charge in [-0.3, -0.25) is 0 Å². The maximum Gasteiger partial charge on any atom is -0.0354 e. The number of hydrogen-bond donors (Lipinski definition) is 0. The maximum absolute atomic E-state index is 2.49. The molecule has 0 aromatic rings. The van der Waals surface area contributed by atoms with E-state index in [4.69, 9.17) is 0 Å². The van der Waals surface area contributed by atoms with Crippen LogP contribution in [0.15, 0.2) is 0 Å². The van der Waals surface area contributed by atoms with Crippen LogP contribution < -0.4 is 0 Å². The van der Waals surface area contributed by atoms with Crippen molar-refractivity contribution in [2.45, 2.75) is 130 Å². The fourth-order valence-electron chi connectivity index (χ4n) is 4.08. The summed E-state index contributed by atoms with van der Waals surface area (Å²) < 4.78 is 0. The second-order valence-corrected chi connectivity index (χ2v) is 9.57. The Labute approximate surface area is 141 Å². The van der Waals surface area contributed by atoms with Crippen LogP contribution in [0.5, 0.6) is 0 Å². The van der Waals surface area contributed by atoms with E-state index in [1.165, 1.54) is 103 Å². The first-order valence-electron chi connectivity index (χ1n) is 10.4. The minimum atomic E-state index is 0.593. The smallest absolute Gasteiger partial charge is 0.0354 e. The van der Waals surface area contributed by atoms with Gasteiger partial charge in [0, 0.05) is 0 Å². The van der Waals surface area contributed by atoms with Gasteiger partial charge in [0.1, 0.15) is 0 Å². The van der Waals surface area contributed by atoms with Crippen molar-refractivity contribution in [3.63, 3.8) is 0 Å². The first kappa shape index (κ1) is 20.0. The summed E-state index contributed by atoms with van der Waals surface area (Å²) >= 11 is 0. The Hall–Kier alpha value is 0. The molecule has 22 heavy (non-hydrogen) atoms. The number of rotatable bonds is 0. The second kappa shape index (κ2) is 10.7. The predicted octanol–water partition coefficient (Wildman–Crippen LogP) is 8.29. The van der Waals surface area contributed by atoms with Crippen molar-refractivity contribution in [3.8, 4) is 0 Å². The highest BCUT2D eigenvalue weighted by atomic mass is 14.2. The molecule has 0 nitrogen and oxygen atoms in total. The van der Waals surface area contributed by atoms with Crippen LogP contribution in [0.1, 0.15) is 130 Å². The van der Waals surface area contributed by atoms with Crippen molar-refractivity contribution >= 4 is 0 Å². The maximum atomic E-state index is 2.49. The van der Waals surface area contributed by atoms with Crippen LogP contribution in [0.2, 0.25) is 0 Å². The van der Waals surface area contributed by atoms with Gasteiger partial charge in [-0.05, 0) is 36.5 Å². The minimum absolute atomic E-state index is 0.593. The third-order valence-electron chi connectivity index (χ3n) is 5.91. The zero-order chi connectivity index (χ0) is 16.3. The molecular formula is C22H44. The molecule has 132 valence electrons. The molecule has 0 heterocycles. The van der Waals surface area contributed by atoms with Crippen LogP contribution in [0.25, 0.3) is 0 Å². The van der Waals surface area contributed by atoms with E-state index < -0.39 is 0 Å². The van der Waals surface area contributed by atoms with Crippen molar-refractivity contribution in [2.24, 2.45) is 10.8 Å². The summed E-state index contributed by atoms with van der Waals surface area (Å²) in [4.78, 5) is 0. The lowest BCUT2D eigenvalue weighted by Gasteiger charge is -2.25. The molecule has 0 bridgehead atoms. The molecular weight excluding hydrogens is 264 g/mol. The van der Waals surface area contributed by atoms with E-state index in [9.17, 15) is 0 Å². The Morgan fingerprint density at radius 1 is 0.318 bits per heavy atom. The highest BCUT2D eigenvalue weighted by Gasteiger charge is 2.18. The summed E-state index contributed by atoms with van der Waals surface area (Å²) in [5.74, 6) is 0. The second-order valence-electron chi connectivity index (χ2n) is 9.57. The zero-order valence-electron chi connectivity index (χ0n) is 16.3. The normalized spacial score (nSPS) is 26.7. The van der Waals surface area contributed by atoms with Crippen LogP contribution >= 0.6 is 0 Å². The Bertz CT molecular complexity index is 209. The topological polar surface area (TPSA) is 0 Å². The van der Waals surface area contributed by atoms with Crippen LogP contribution in [-0.4, -0.2) is 0 Å². The molecule has 0 aromatic heterocycles. The molecule has 1 fully saturated rings. The molecule has 0 heteroatoms. The number of hydrogen-bond acceptors (Lipinski definition) is 0. The van der Waals surface area contributed by atoms with Crippen molar-refractivity contribution in [3.05, 3.63) is 0 Å². The van der Waals surface area contributed by atoms with E-state index in [1.54, 1.807) is 0 Å². The van der Waals surface area contributed by atoms with Crippen molar-refractivity contribution < 1.29 is 0 Å². The van der Waals surface area contributed by atoms with Gasteiger partial charge in [-0.15, -0.1) is 0 Å². The van der Waals surface area contributed by atoms with Gasteiger partial charge in [0.25, 0.3) is 0 Å². The third-order valence-corrected chi connectivity index (χ3v) is 5.91. The van der Waals surface area contributed by atoms with Gasteiger partial charge in [0.2, 0.25) is 0 Å². The fraction of sp³-hybridized carbons (Fsp3) is 1.00. The molecule has 0 amide bonds. The molecule has 1 aliphatic rings. The molecule has 0 aromatic carbocycles. The third kappa shape index (κ3) is 10.7. The lowest BCUT2D eigenvalue weighted by atomic mass is 9.80. The van der Waals surface area contributed by atoms with E-state index in [1.807, 2.05) is 0 Å². The lowest BCUT2D eigenvalue weighted by molar-refractivity contribution is 0.272. The van der Waals surface area contributed by atoms with Crippen LogP contribution in [0, 0.1) is 10.8 Å². The van der Waals surface area contributed by atoms with E-state index >= 15 is 0 Å². The lowest BCUT2D eigenvalue weighted by Crippen LogP contribution is -2.11. The van der Waals surface area contributed by atoms with E-state index in [-0.39, 0.29) is 0 Å². The predicted molar refractivity (Wildman–Crippen MR) is 101 cm³/mol. The van der Waals surface area contributed by atoms with Crippen molar-refractivity contribution in [2.75, 3.05) is 0 Å². The van der Waals surface area contributed by atoms with Crippen molar-refractivity contribution in [1.82, 2.24) is 0 Å². The van der Waals surface area contributed by atoms with Gasteiger partial charge < -0.3 is 0 Å². The molecule has 0 radical (unpaired) electrons. The Balaban J connectivity index is 2.31. The van der Waals surface area contributed by atoms with Crippen molar-refractivity contribution in [1.29, 1.82) is 0 Å². The summed E-state index contributed by atoms with van der Waals surface area (Å²) in [5, 5.41) is 0. The summed E-state index contributed by atoms with van der Waals surface area (Å²) in [6.07, 6.45) is 23.3. The van der Waals surface area contributed by atoms with Gasteiger partial charge in [-0.2, -0.15) is 0 Å². The first-order valence-corrected chi connectivity index (χ1v) is 10.4. The van der Waals surface area contributed by atoms with Gasteiger partial charge in [-0.1, -0.05) is 105 Å². The van der Waals surface area contributed by atoms with E-state index in [2.05, 4.69) is 27.7 Å². The summed E-state index contributed by atoms with van der Waals surface area (Å²) in [6.45, 7) is 9.97. The molecule has 0 unspecified atom stereocenters. The Kier molecular flexibility index (Phi) is 9.76. The van der Waals surface area contributed by atoms with Crippen LogP contribution in [0.3, 0.4) is 0 Å². The average Bonchev–Trinajstić information content (AvgIpc) is 2.43. The quantitative estimate of drug-likeness (QED) is 0.422. The first-order chi connectivity index (χ1) is 10.4. The molecule has 1 aliphatic carbocycles. The molecule has 0 N–H and O–H groups in total. The molecule has 1 rings (SSSR count). The van der Waals surface area contributed by atoms with E-state index in [0.29, 0.717) is 10.8 Å². The Morgan fingerprint density at radius 2 is 0.500 bits per heavy atom. The summed E-state index contributed by atoms with van der Waals surface area (Å²) in [7, 11) is 0. The van der Waals surface area contributed by atoms with Gasteiger partial charge >= 0.3 is 0 Å². The van der Waals surface area contributed by atoms with Crippen LogP contribution in [-0.2, 0) is 0 Å². The monoisotopic (exact) mass is 308 g/mol. The molecule has 1 saturated carbocycles. The van der Waals surface area contributed by atoms with Gasteiger partial charge in [0.05, 0.1) is 0 Å². The van der Waals surface area contributed by atoms with Gasteiger partial charge in [-0.25, -0.2) is 0 Å².